The minimum atomic E-state index is -0.834. The summed E-state index contributed by atoms with van der Waals surface area (Å²) in [5.74, 6) is 0.0609. The summed E-state index contributed by atoms with van der Waals surface area (Å²) in [5, 5.41) is 9.77. The Kier molecular flexibility index (Phi) is 5.23. The Morgan fingerprint density at radius 2 is 1.76 bits per heavy atom. The fourth-order valence-corrected chi connectivity index (χ4v) is 3.03. The fourth-order valence-electron chi connectivity index (χ4n) is 3.03. The second kappa shape index (κ2) is 6.94. The minimum Gasteiger partial charge on any atom is -0.497 e. The number of benzene rings is 1. The molecular weight excluding hydrogens is 266 g/mol. The number of hydrogen-bond donors (Lipinski definition) is 1. The van der Waals surface area contributed by atoms with Gasteiger partial charge in [0, 0.05) is 6.42 Å². The summed E-state index contributed by atoms with van der Waals surface area (Å²) in [7, 11) is 1.63. The number of methoxy groups -OCH3 is 1. The van der Waals surface area contributed by atoms with Gasteiger partial charge in [0.2, 0.25) is 0 Å². The number of likely N-dealkylation sites (tertiary alicyclic amines) is 1. The molecule has 1 aliphatic heterocycles. The molecule has 1 fully saturated rings. The highest BCUT2D eigenvalue weighted by Crippen LogP contribution is 2.26. The van der Waals surface area contributed by atoms with E-state index in [2.05, 4.69) is 4.90 Å². The molecule has 1 aromatic rings. The van der Waals surface area contributed by atoms with Gasteiger partial charge in [-0.1, -0.05) is 25.0 Å². The first-order valence-corrected chi connectivity index (χ1v) is 7.67. The smallest absolute Gasteiger partial charge is 0.324 e. The van der Waals surface area contributed by atoms with Gasteiger partial charge in [0.15, 0.2) is 0 Å². The van der Waals surface area contributed by atoms with Gasteiger partial charge in [0.1, 0.15) is 11.3 Å². The molecule has 1 aliphatic rings. The number of carboxylic acid groups (broad SMARTS) is 1. The summed E-state index contributed by atoms with van der Waals surface area (Å²) in [6, 6.07) is 7.69. The molecule has 1 aromatic carbocycles. The van der Waals surface area contributed by atoms with Gasteiger partial charge >= 0.3 is 5.97 Å². The molecule has 21 heavy (non-hydrogen) atoms. The Morgan fingerprint density at radius 1 is 1.19 bits per heavy atom. The lowest BCUT2D eigenvalue weighted by atomic mass is 9.90. The number of hydrogen-bond acceptors (Lipinski definition) is 3. The number of carboxylic acids is 1. The van der Waals surface area contributed by atoms with Crippen molar-refractivity contribution in [1.29, 1.82) is 0 Å². The van der Waals surface area contributed by atoms with Crippen LogP contribution in [0.5, 0.6) is 5.75 Å². The normalized spacial score (nSPS) is 19.5. The Morgan fingerprint density at radius 3 is 2.24 bits per heavy atom. The lowest BCUT2D eigenvalue weighted by Crippen LogP contribution is -2.54. The molecule has 0 saturated carbocycles. The van der Waals surface area contributed by atoms with E-state index in [1.165, 1.54) is 12.8 Å². The predicted molar refractivity (Wildman–Crippen MR) is 82.8 cm³/mol. The highest BCUT2D eigenvalue weighted by molar-refractivity contribution is 5.78. The van der Waals surface area contributed by atoms with E-state index < -0.39 is 11.5 Å². The van der Waals surface area contributed by atoms with Crippen LogP contribution >= 0.6 is 0 Å². The fraction of sp³-hybridized carbons (Fsp3) is 0.588. The van der Waals surface area contributed by atoms with Crippen molar-refractivity contribution in [2.45, 2.75) is 44.6 Å². The molecule has 0 aliphatic carbocycles. The lowest BCUT2D eigenvalue weighted by molar-refractivity contribution is -0.150. The predicted octanol–water partition coefficient (Wildman–Crippen LogP) is 2.96. The van der Waals surface area contributed by atoms with E-state index in [0.29, 0.717) is 6.42 Å². The third kappa shape index (κ3) is 3.76. The second-order valence-electron chi connectivity index (χ2n) is 6.01. The molecule has 0 radical (unpaired) electrons. The zero-order chi connectivity index (χ0) is 15.3. The van der Waals surface area contributed by atoms with Crippen LogP contribution in [0.1, 0.15) is 38.2 Å². The van der Waals surface area contributed by atoms with E-state index in [9.17, 15) is 9.90 Å². The molecule has 1 N–H and O–H groups in total. The van der Waals surface area contributed by atoms with Crippen molar-refractivity contribution in [3.63, 3.8) is 0 Å². The quantitative estimate of drug-likeness (QED) is 0.906. The van der Waals surface area contributed by atoms with E-state index in [4.69, 9.17) is 4.74 Å². The van der Waals surface area contributed by atoms with Crippen LogP contribution in [0.25, 0.3) is 0 Å². The molecule has 116 valence electrons. The van der Waals surface area contributed by atoms with Crippen LogP contribution in [0, 0.1) is 0 Å². The number of ether oxygens (including phenoxy) is 1. The summed E-state index contributed by atoms with van der Waals surface area (Å²) < 4.78 is 5.15. The first-order valence-electron chi connectivity index (χ1n) is 7.67. The van der Waals surface area contributed by atoms with Crippen molar-refractivity contribution >= 4 is 5.97 Å². The molecule has 4 nitrogen and oxygen atoms in total. The lowest BCUT2D eigenvalue weighted by Gasteiger charge is -2.37. The average molecular weight is 291 g/mol. The van der Waals surface area contributed by atoms with Crippen LogP contribution in [0.4, 0.5) is 0 Å². The third-order valence-electron chi connectivity index (χ3n) is 4.47. The van der Waals surface area contributed by atoms with Gasteiger partial charge in [-0.15, -0.1) is 0 Å². The Labute approximate surface area is 126 Å². The Hall–Kier alpha value is -1.55. The Bertz CT molecular complexity index is 463. The molecule has 1 unspecified atom stereocenters. The maximum atomic E-state index is 11.9. The standard InChI is InChI=1S/C17H25NO3/c1-17(16(19)20,18-11-5-3-4-6-12-18)13-14-7-9-15(21-2)10-8-14/h7-10H,3-6,11-13H2,1-2H3,(H,19,20). The van der Waals surface area contributed by atoms with E-state index in [1.54, 1.807) is 7.11 Å². The number of carbonyl (C=O) groups is 1. The van der Waals surface area contributed by atoms with E-state index in [-0.39, 0.29) is 0 Å². The van der Waals surface area contributed by atoms with Gasteiger partial charge in [-0.2, -0.15) is 0 Å². The molecule has 1 heterocycles. The summed E-state index contributed by atoms with van der Waals surface area (Å²) in [5.41, 5.74) is 0.198. The molecule has 4 heteroatoms. The van der Waals surface area contributed by atoms with Gasteiger partial charge in [0.25, 0.3) is 0 Å². The number of nitrogens with zero attached hydrogens (tertiary/aromatic N) is 1. The molecule has 1 atom stereocenters. The molecule has 0 bridgehead atoms. The van der Waals surface area contributed by atoms with Gasteiger partial charge < -0.3 is 9.84 Å². The van der Waals surface area contributed by atoms with E-state index in [0.717, 1.165) is 37.2 Å². The van der Waals surface area contributed by atoms with Crippen molar-refractivity contribution in [1.82, 2.24) is 4.90 Å². The molecular formula is C17H25NO3. The highest BCUT2D eigenvalue weighted by atomic mass is 16.5. The summed E-state index contributed by atoms with van der Waals surface area (Å²) in [6.07, 6.45) is 5.10. The van der Waals surface area contributed by atoms with Gasteiger partial charge in [-0.05, 0) is 50.6 Å². The maximum absolute atomic E-state index is 11.9. The number of aliphatic carboxylic acids is 1. The number of rotatable bonds is 5. The van der Waals surface area contributed by atoms with Crippen LogP contribution in [-0.4, -0.2) is 41.7 Å². The molecule has 2 rings (SSSR count). The Balaban J connectivity index is 2.17. The summed E-state index contributed by atoms with van der Waals surface area (Å²) >= 11 is 0. The highest BCUT2D eigenvalue weighted by Gasteiger charge is 2.39. The maximum Gasteiger partial charge on any atom is 0.324 e. The first-order chi connectivity index (χ1) is 10.1. The second-order valence-corrected chi connectivity index (χ2v) is 6.01. The van der Waals surface area contributed by atoms with E-state index >= 15 is 0 Å². The van der Waals surface area contributed by atoms with Crippen molar-refractivity contribution in [3.05, 3.63) is 29.8 Å². The first kappa shape index (κ1) is 15.8. The van der Waals surface area contributed by atoms with Crippen LogP contribution in [0.15, 0.2) is 24.3 Å². The van der Waals surface area contributed by atoms with Crippen molar-refractivity contribution in [3.8, 4) is 5.75 Å². The average Bonchev–Trinajstić information content (AvgIpc) is 2.77. The van der Waals surface area contributed by atoms with E-state index in [1.807, 2.05) is 31.2 Å². The third-order valence-corrected chi connectivity index (χ3v) is 4.47. The van der Waals surface area contributed by atoms with Gasteiger partial charge in [-0.25, -0.2) is 0 Å². The molecule has 1 saturated heterocycles. The molecule has 0 amide bonds. The van der Waals surface area contributed by atoms with Crippen LogP contribution < -0.4 is 4.74 Å². The molecule has 0 spiro atoms. The largest absolute Gasteiger partial charge is 0.497 e. The van der Waals surface area contributed by atoms with Crippen molar-refractivity contribution in [2.24, 2.45) is 0 Å². The van der Waals surface area contributed by atoms with Crippen molar-refractivity contribution < 1.29 is 14.6 Å². The SMILES string of the molecule is COc1ccc(CC(C)(C(=O)O)N2CCCCCC2)cc1. The zero-order valence-corrected chi connectivity index (χ0v) is 13.0. The van der Waals surface area contributed by atoms with Gasteiger partial charge in [-0.3, -0.25) is 9.69 Å². The minimum absolute atomic E-state index is 0.520. The van der Waals surface area contributed by atoms with Crippen LogP contribution in [0.2, 0.25) is 0 Å². The van der Waals surface area contributed by atoms with Crippen LogP contribution in [0.3, 0.4) is 0 Å². The summed E-state index contributed by atoms with van der Waals surface area (Å²) in [6.45, 7) is 3.60. The zero-order valence-electron chi connectivity index (χ0n) is 13.0. The van der Waals surface area contributed by atoms with Crippen LogP contribution in [-0.2, 0) is 11.2 Å². The van der Waals surface area contributed by atoms with Crippen molar-refractivity contribution in [2.75, 3.05) is 20.2 Å². The molecule has 0 aromatic heterocycles. The van der Waals surface area contributed by atoms with Gasteiger partial charge in [0.05, 0.1) is 7.11 Å². The monoisotopic (exact) mass is 291 g/mol. The topological polar surface area (TPSA) is 49.8 Å². The summed E-state index contributed by atoms with van der Waals surface area (Å²) in [4.78, 5) is 14.0.